The van der Waals surface area contributed by atoms with Crippen LogP contribution in [0.4, 0.5) is 0 Å². The van der Waals surface area contributed by atoms with E-state index in [1.807, 2.05) is 42.5 Å². The summed E-state index contributed by atoms with van der Waals surface area (Å²) in [6.45, 7) is 1.80. The largest absolute Gasteiger partial charge is 0.493 e. The highest BCUT2D eigenvalue weighted by Gasteiger charge is 2.30. The van der Waals surface area contributed by atoms with Gasteiger partial charge < -0.3 is 14.0 Å². The van der Waals surface area contributed by atoms with E-state index < -0.39 is 0 Å². The number of benzene rings is 2. The van der Waals surface area contributed by atoms with Gasteiger partial charge in [-0.3, -0.25) is 4.79 Å². The molecule has 2 unspecified atom stereocenters. The van der Waals surface area contributed by atoms with Crippen LogP contribution >= 0.6 is 0 Å². The predicted octanol–water partition coefficient (Wildman–Crippen LogP) is 5.88. The smallest absolute Gasteiger partial charge is 0.257 e. The van der Waals surface area contributed by atoms with E-state index in [1.165, 1.54) is 12.8 Å². The number of Topliss-reactive ketones (excluding diaryl/α,β-unsaturated/α-hetero) is 1. The Bertz CT molecular complexity index is 1260. The first kappa shape index (κ1) is 23.2. The van der Waals surface area contributed by atoms with E-state index in [9.17, 15) is 4.79 Å². The molecule has 0 N–H and O–H groups in total. The third kappa shape index (κ3) is 5.40. The van der Waals surface area contributed by atoms with Crippen LogP contribution in [0.25, 0.3) is 11.5 Å². The summed E-state index contributed by atoms with van der Waals surface area (Å²) in [4.78, 5) is 17.2. The van der Waals surface area contributed by atoms with Crippen molar-refractivity contribution in [2.45, 2.75) is 63.9 Å². The molecular formula is C29H30N2O4. The minimum Gasteiger partial charge on any atom is -0.493 e. The van der Waals surface area contributed by atoms with E-state index in [2.05, 4.69) is 22.0 Å². The molecule has 35 heavy (non-hydrogen) atoms. The first-order valence-electron chi connectivity index (χ1n) is 12.4. The van der Waals surface area contributed by atoms with E-state index in [-0.39, 0.29) is 23.7 Å². The standard InChI is InChI=1S/C29H30N2O4/c1-19-30-29(35-31-19)23-7-5-6-20(16-23)10-11-21-12-14-26(32)25(17-21)22-13-15-27(33-2)28(18-22)34-24-8-3-4-9-24/h5-7,13,15-16,18,21,24-25H,3-4,8-9,12,14,17H2,1-2H3. The van der Waals surface area contributed by atoms with Gasteiger partial charge in [0.15, 0.2) is 17.3 Å². The minimum atomic E-state index is -0.174. The van der Waals surface area contributed by atoms with Crippen molar-refractivity contribution in [3.05, 3.63) is 59.4 Å². The van der Waals surface area contributed by atoms with Gasteiger partial charge in [-0.2, -0.15) is 4.98 Å². The third-order valence-corrected chi connectivity index (χ3v) is 6.89. The molecule has 0 aliphatic heterocycles. The molecule has 0 spiro atoms. The fourth-order valence-corrected chi connectivity index (χ4v) is 5.00. The lowest BCUT2D eigenvalue weighted by Gasteiger charge is -2.26. The van der Waals surface area contributed by atoms with E-state index in [1.54, 1.807) is 14.0 Å². The van der Waals surface area contributed by atoms with Crippen molar-refractivity contribution in [3.63, 3.8) is 0 Å². The summed E-state index contributed by atoms with van der Waals surface area (Å²) >= 11 is 0. The summed E-state index contributed by atoms with van der Waals surface area (Å²) in [7, 11) is 1.66. The Kier molecular flexibility index (Phi) is 6.85. The van der Waals surface area contributed by atoms with Crippen LogP contribution in [-0.2, 0) is 4.79 Å². The Morgan fingerprint density at radius 1 is 1.06 bits per heavy atom. The van der Waals surface area contributed by atoms with Crippen LogP contribution in [0.15, 0.2) is 47.0 Å². The van der Waals surface area contributed by atoms with E-state index in [0.717, 1.165) is 47.5 Å². The summed E-state index contributed by atoms with van der Waals surface area (Å²) in [5, 5.41) is 3.86. The second kappa shape index (κ2) is 10.4. The number of aryl methyl sites for hydroxylation is 1. The molecule has 0 bridgehead atoms. The molecule has 6 heteroatoms. The molecular weight excluding hydrogens is 440 g/mol. The summed E-state index contributed by atoms with van der Waals surface area (Å²) < 4.78 is 17.1. The molecule has 2 fully saturated rings. The van der Waals surface area contributed by atoms with Crippen LogP contribution in [-0.4, -0.2) is 29.1 Å². The number of ether oxygens (including phenoxy) is 2. The quantitative estimate of drug-likeness (QED) is 0.434. The number of methoxy groups -OCH3 is 1. The maximum atomic E-state index is 12.9. The average Bonchev–Trinajstić information content (AvgIpc) is 3.55. The zero-order valence-corrected chi connectivity index (χ0v) is 20.3. The Hall–Kier alpha value is -3.59. The van der Waals surface area contributed by atoms with Crippen molar-refractivity contribution in [1.82, 2.24) is 10.1 Å². The van der Waals surface area contributed by atoms with Crippen LogP contribution in [0, 0.1) is 24.7 Å². The topological polar surface area (TPSA) is 74.5 Å². The lowest BCUT2D eigenvalue weighted by molar-refractivity contribution is -0.122. The number of aromatic nitrogens is 2. The summed E-state index contributed by atoms with van der Waals surface area (Å²) in [5.41, 5.74) is 2.73. The Balaban J connectivity index is 1.33. The van der Waals surface area contributed by atoms with Crippen molar-refractivity contribution < 1.29 is 18.8 Å². The highest BCUT2D eigenvalue weighted by atomic mass is 16.5. The number of carbonyl (C=O) groups excluding carboxylic acids is 1. The Morgan fingerprint density at radius 3 is 2.69 bits per heavy atom. The molecule has 5 rings (SSSR count). The highest BCUT2D eigenvalue weighted by molar-refractivity contribution is 5.86. The molecule has 2 aliphatic rings. The molecule has 0 radical (unpaired) electrons. The third-order valence-electron chi connectivity index (χ3n) is 6.89. The highest BCUT2D eigenvalue weighted by Crippen LogP contribution is 2.39. The van der Waals surface area contributed by atoms with Gasteiger partial charge in [-0.25, -0.2) is 0 Å². The molecule has 2 saturated carbocycles. The molecule has 0 amide bonds. The van der Waals surface area contributed by atoms with Crippen LogP contribution in [0.3, 0.4) is 0 Å². The second-order valence-electron chi connectivity index (χ2n) is 9.42. The van der Waals surface area contributed by atoms with Crippen molar-refractivity contribution >= 4 is 5.78 Å². The number of rotatable bonds is 5. The normalized spacial score (nSPS) is 20.3. The van der Waals surface area contributed by atoms with E-state index in [4.69, 9.17) is 14.0 Å². The van der Waals surface area contributed by atoms with Crippen LogP contribution in [0.5, 0.6) is 11.5 Å². The van der Waals surface area contributed by atoms with Crippen molar-refractivity contribution in [2.24, 2.45) is 5.92 Å². The summed E-state index contributed by atoms with van der Waals surface area (Å²) in [6.07, 6.45) is 6.80. The fraction of sp³-hybridized carbons (Fsp3) is 0.414. The fourth-order valence-electron chi connectivity index (χ4n) is 5.00. The van der Waals surface area contributed by atoms with Gasteiger partial charge in [0.05, 0.1) is 13.2 Å². The first-order chi connectivity index (χ1) is 17.1. The minimum absolute atomic E-state index is 0.147. The van der Waals surface area contributed by atoms with Crippen molar-refractivity contribution in [3.8, 4) is 34.8 Å². The number of hydrogen-bond donors (Lipinski definition) is 0. The molecule has 180 valence electrons. The average molecular weight is 471 g/mol. The predicted molar refractivity (Wildman–Crippen MR) is 132 cm³/mol. The number of hydrogen-bond acceptors (Lipinski definition) is 6. The lowest BCUT2D eigenvalue weighted by atomic mass is 9.77. The molecule has 1 aromatic heterocycles. The maximum Gasteiger partial charge on any atom is 0.257 e. The molecule has 2 aromatic carbocycles. The molecule has 2 atom stereocenters. The lowest BCUT2D eigenvalue weighted by Crippen LogP contribution is -2.23. The van der Waals surface area contributed by atoms with Gasteiger partial charge in [0, 0.05) is 29.4 Å². The van der Waals surface area contributed by atoms with Gasteiger partial charge in [0.25, 0.3) is 5.89 Å². The van der Waals surface area contributed by atoms with Gasteiger partial charge in [0.2, 0.25) is 0 Å². The van der Waals surface area contributed by atoms with Gasteiger partial charge in [-0.05, 0) is 81.3 Å². The molecule has 1 heterocycles. The van der Waals surface area contributed by atoms with Crippen molar-refractivity contribution in [1.29, 1.82) is 0 Å². The zero-order chi connectivity index (χ0) is 24.2. The van der Waals surface area contributed by atoms with Crippen LogP contribution in [0.2, 0.25) is 0 Å². The van der Waals surface area contributed by atoms with E-state index in [0.29, 0.717) is 24.6 Å². The Morgan fingerprint density at radius 2 is 1.91 bits per heavy atom. The summed E-state index contributed by atoms with van der Waals surface area (Å²) in [5.74, 6) is 9.51. The van der Waals surface area contributed by atoms with Gasteiger partial charge >= 0.3 is 0 Å². The molecule has 3 aromatic rings. The van der Waals surface area contributed by atoms with Gasteiger partial charge in [0.1, 0.15) is 5.78 Å². The second-order valence-corrected chi connectivity index (χ2v) is 9.42. The van der Waals surface area contributed by atoms with Crippen molar-refractivity contribution in [2.75, 3.05) is 7.11 Å². The van der Waals surface area contributed by atoms with Gasteiger partial charge in [-0.1, -0.05) is 29.1 Å². The zero-order valence-electron chi connectivity index (χ0n) is 20.3. The van der Waals surface area contributed by atoms with E-state index >= 15 is 0 Å². The SMILES string of the molecule is COc1ccc(C2CC(C#Cc3cccc(-c4nc(C)no4)c3)CCC2=O)cc1OC1CCCC1. The number of nitrogens with zero attached hydrogens (tertiary/aromatic N) is 2. The van der Waals surface area contributed by atoms with Crippen LogP contribution in [0.1, 0.15) is 67.8 Å². The molecule has 0 saturated heterocycles. The monoisotopic (exact) mass is 470 g/mol. The Labute approximate surface area is 206 Å². The maximum absolute atomic E-state index is 12.9. The molecule has 6 nitrogen and oxygen atoms in total. The number of carbonyl (C=O) groups is 1. The summed E-state index contributed by atoms with van der Waals surface area (Å²) in [6, 6.07) is 13.7. The van der Waals surface area contributed by atoms with Crippen LogP contribution < -0.4 is 9.47 Å². The van der Waals surface area contributed by atoms with Gasteiger partial charge in [-0.15, -0.1) is 0 Å². The number of ketones is 1. The first-order valence-corrected chi connectivity index (χ1v) is 12.4. The molecule has 2 aliphatic carbocycles.